The third kappa shape index (κ3) is 3.75. The van der Waals surface area contributed by atoms with Crippen molar-refractivity contribution in [2.24, 2.45) is 0 Å². The first-order valence-electron chi connectivity index (χ1n) is 7.86. The molecule has 3 rings (SSSR count). The standard InChI is InChI=1S/C19H15F2NO4S/c1-26-19(23)12-22(15-7-9-17(20)18(21)11-15)27(24,25)16-8-6-13-4-2-3-5-14(13)10-16/h2-11H,12H2,1H3. The van der Waals surface area contributed by atoms with Gasteiger partial charge in [0.25, 0.3) is 10.0 Å². The van der Waals surface area contributed by atoms with Crippen molar-refractivity contribution in [3.05, 3.63) is 72.3 Å². The summed E-state index contributed by atoms with van der Waals surface area (Å²) < 4.78 is 58.4. The fraction of sp³-hybridized carbons (Fsp3) is 0.105. The Labute approximate surface area is 154 Å². The van der Waals surface area contributed by atoms with Gasteiger partial charge in [0.05, 0.1) is 17.7 Å². The molecule has 0 saturated carbocycles. The largest absolute Gasteiger partial charge is 0.468 e. The summed E-state index contributed by atoms with van der Waals surface area (Å²) in [6.07, 6.45) is 0. The molecule has 0 aliphatic heterocycles. The molecule has 0 heterocycles. The predicted molar refractivity (Wildman–Crippen MR) is 96.9 cm³/mol. The van der Waals surface area contributed by atoms with E-state index in [-0.39, 0.29) is 10.6 Å². The van der Waals surface area contributed by atoms with Crippen LogP contribution in [0, 0.1) is 11.6 Å². The lowest BCUT2D eigenvalue weighted by atomic mass is 10.1. The van der Waals surface area contributed by atoms with Gasteiger partial charge in [-0.2, -0.15) is 0 Å². The van der Waals surface area contributed by atoms with E-state index in [9.17, 15) is 22.0 Å². The van der Waals surface area contributed by atoms with Crippen molar-refractivity contribution in [3.63, 3.8) is 0 Å². The van der Waals surface area contributed by atoms with E-state index in [1.165, 1.54) is 12.1 Å². The number of sulfonamides is 1. The number of methoxy groups -OCH3 is 1. The molecule has 0 fully saturated rings. The lowest BCUT2D eigenvalue weighted by Crippen LogP contribution is -2.36. The van der Waals surface area contributed by atoms with Crippen LogP contribution >= 0.6 is 0 Å². The number of carbonyl (C=O) groups is 1. The van der Waals surface area contributed by atoms with Crippen LogP contribution in [0.4, 0.5) is 14.5 Å². The maximum atomic E-state index is 13.6. The van der Waals surface area contributed by atoms with Gasteiger partial charge in [-0.3, -0.25) is 9.10 Å². The smallest absolute Gasteiger partial charge is 0.326 e. The number of halogens is 2. The number of ether oxygens (including phenoxy) is 1. The molecule has 27 heavy (non-hydrogen) atoms. The van der Waals surface area contributed by atoms with E-state index in [4.69, 9.17) is 0 Å². The van der Waals surface area contributed by atoms with Gasteiger partial charge < -0.3 is 4.74 Å². The van der Waals surface area contributed by atoms with E-state index in [1.54, 1.807) is 18.2 Å². The molecule has 0 spiro atoms. The summed E-state index contributed by atoms with van der Waals surface area (Å²) >= 11 is 0. The molecular weight excluding hydrogens is 376 g/mol. The monoisotopic (exact) mass is 391 g/mol. The quantitative estimate of drug-likeness (QED) is 0.625. The van der Waals surface area contributed by atoms with Gasteiger partial charge in [-0.15, -0.1) is 0 Å². The molecule has 0 N–H and O–H groups in total. The van der Waals surface area contributed by atoms with Gasteiger partial charge in [0, 0.05) is 6.07 Å². The fourth-order valence-corrected chi connectivity index (χ4v) is 4.03. The maximum absolute atomic E-state index is 13.6. The van der Waals surface area contributed by atoms with Gasteiger partial charge in [0.2, 0.25) is 0 Å². The number of rotatable bonds is 5. The van der Waals surface area contributed by atoms with Crippen molar-refractivity contribution in [1.82, 2.24) is 0 Å². The second kappa shape index (κ2) is 7.32. The lowest BCUT2D eigenvalue weighted by Gasteiger charge is -2.23. The van der Waals surface area contributed by atoms with Crippen LogP contribution in [-0.4, -0.2) is 28.0 Å². The van der Waals surface area contributed by atoms with Crippen LogP contribution in [0.1, 0.15) is 0 Å². The third-order valence-electron chi connectivity index (χ3n) is 4.00. The van der Waals surface area contributed by atoms with Crippen LogP contribution in [0.2, 0.25) is 0 Å². The molecule has 0 aliphatic carbocycles. The Kier molecular flexibility index (Phi) is 5.09. The molecule has 0 saturated heterocycles. The van der Waals surface area contributed by atoms with Gasteiger partial charge >= 0.3 is 5.97 Å². The van der Waals surface area contributed by atoms with Gasteiger partial charge in [0.1, 0.15) is 6.54 Å². The first-order valence-corrected chi connectivity index (χ1v) is 9.30. The Bertz CT molecular complexity index is 1120. The van der Waals surface area contributed by atoms with Crippen LogP contribution in [-0.2, 0) is 19.6 Å². The Hall–Kier alpha value is -3.00. The SMILES string of the molecule is COC(=O)CN(c1ccc(F)c(F)c1)S(=O)(=O)c1ccc2ccccc2c1. The van der Waals surface area contributed by atoms with E-state index >= 15 is 0 Å². The number of nitrogens with zero attached hydrogens (tertiary/aromatic N) is 1. The van der Waals surface area contributed by atoms with Crippen molar-refractivity contribution in [3.8, 4) is 0 Å². The summed E-state index contributed by atoms with van der Waals surface area (Å²) in [5.41, 5.74) is -0.188. The van der Waals surface area contributed by atoms with Crippen LogP contribution in [0.15, 0.2) is 65.6 Å². The van der Waals surface area contributed by atoms with Crippen molar-refractivity contribution >= 4 is 32.5 Å². The van der Waals surface area contributed by atoms with Crippen LogP contribution in [0.3, 0.4) is 0 Å². The molecule has 140 valence electrons. The van der Waals surface area contributed by atoms with E-state index < -0.39 is 34.2 Å². The number of benzene rings is 3. The molecule has 3 aromatic carbocycles. The number of hydrogen-bond acceptors (Lipinski definition) is 4. The van der Waals surface area contributed by atoms with Crippen LogP contribution in [0.25, 0.3) is 10.8 Å². The van der Waals surface area contributed by atoms with Crippen molar-refractivity contribution < 1.29 is 26.7 Å². The number of carbonyl (C=O) groups excluding carboxylic acids is 1. The highest BCUT2D eigenvalue weighted by molar-refractivity contribution is 7.92. The van der Waals surface area contributed by atoms with Gasteiger partial charge in [0.15, 0.2) is 11.6 Å². The van der Waals surface area contributed by atoms with E-state index in [0.29, 0.717) is 9.69 Å². The van der Waals surface area contributed by atoms with E-state index in [2.05, 4.69) is 4.74 Å². The predicted octanol–water partition coefficient (Wildman–Crippen LogP) is 3.49. The molecule has 0 atom stereocenters. The minimum Gasteiger partial charge on any atom is -0.468 e. The highest BCUT2D eigenvalue weighted by Gasteiger charge is 2.28. The first-order chi connectivity index (χ1) is 12.8. The van der Waals surface area contributed by atoms with Gasteiger partial charge in [-0.1, -0.05) is 30.3 Å². The molecule has 0 unspecified atom stereocenters. The zero-order valence-electron chi connectivity index (χ0n) is 14.2. The summed E-state index contributed by atoms with van der Waals surface area (Å²) in [5, 5.41) is 1.52. The normalized spacial score (nSPS) is 11.4. The van der Waals surface area contributed by atoms with E-state index in [1.807, 2.05) is 12.1 Å². The van der Waals surface area contributed by atoms with Gasteiger partial charge in [-0.05, 0) is 35.0 Å². The van der Waals surface area contributed by atoms with Crippen molar-refractivity contribution in [1.29, 1.82) is 0 Å². The average molecular weight is 391 g/mol. The van der Waals surface area contributed by atoms with E-state index in [0.717, 1.165) is 30.7 Å². The molecule has 3 aromatic rings. The summed E-state index contributed by atoms with van der Waals surface area (Å²) in [5.74, 6) is -3.19. The number of fused-ring (bicyclic) bond motifs is 1. The highest BCUT2D eigenvalue weighted by Crippen LogP contribution is 2.27. The Morgan fingerprint density at radius 2 is 1.67 bits per heavy atom. The molecule has 5 nitrogen and oxygen atoms in total. The molecule has 0 aliphatic rings. The number of anilines is 1. The summed E-state index contributed by atoms with van der Waals surface area (Å²) in [4.78, 5) is 11.7. The zero-order valence-corrected chi connectivity index (χ0v) is 15.0. The lowest BCUT2D eigenvalue weighted by molar-refractivity contribution is -0.138. The van der Waals surface area contributed by atoms with Crippen LogP contribution < -0.4 is 4.31 Å². The minimum absolute atomic E-state index is 0.0881. The zero-order chi connectivity index (χ0) is 19.6. The second-order valence-electron chi connectivity index (χ2n) is 5.70. The third-order valence-corrected chi connectivity index (χ3v) is 5.77. The Morgan fingerprint density at radius 3 is 2.33 bits per heavy atom. The van der Waals surface area contributed by atoms with Crippen LogP contribution in [0.5, 0.6) is 0 Å². The molecule has 0 aromatic heterocycles. The second-order valence-corrected chi connectivity index (χ2v) is 7.56. The van der Waals surface area contributed by atoms with Gasteiger partial charge in [-0.25, -0.2) is 17.2 Å². The minimum atomic E-state index is -4.24. The topological polar surface area (TPSA) is 63.7 Å². The average Bonchev–Trinajstić information content (AvgIpc) is 2.67. The molecule has 0 radical (unpaired) electrons. The Balaban J connectivity index is 2.13. The molecular formula is C19H15F2NO4S. The summed E-state index contributed by atoms with van der Waals surface area (Å²) in [7, 11) is -3.13. The number of esters is 1. The summed E-state index contributed by atoms with van der Waals surface area (Å²) in [6, 6.07) is 14.2. The fourth-order valence-electron chi connectivity index (χ4n) is 2.59. The first kappa shape index (κ1) is 18.8. The Morgan fingerprint density at radius 1 is 0.963 bits per heavy atom. The molecule has 8 heteroatoms. The summed E-state index contributed by atoms with van der Waals surface area (Å²) in [6.45, 7) is -0.684. The molecule has 0 bridgehead atoms. The maximum Gasteiger partial charge on any atom is 0.326 e. The highest BCUT2D eigenvalue weighted by atomic mass is 32.2. The molecule has 0 amide bonds. The van der Waals surface area contributed by atoms with Crippen molar-refractivity contribution in [2.75, 3.05) is 18.0 Å². The number of hydrogen-bond donors (Lipinski definition) is 0. The van der Waals surface area contributed by atoms with Crippen molar-refractivity contribution in [2.45, 2.75) is 4.90 Å².